The lowest BCUT2D eigenvalue weighted by Gasteiger charge is -2.29. The molecule has 150 valence electrons. The maximum Gasteiger partial charge on any atom is 0.0606 e. The second kappa shape index (κ2) is 8.20. The van der Waals surface area contributed by atoms with Gasteiger partial charge in [0.15, 0.2) is 0 Å². The van der Waals surface area contributed by atoms with Crippen molar-refractivity contribution in [3.05, 3.63) is 93.1 Å². The van der Waals surface area contributed by atoms with Crippen LogP contribution in [0.3, 0.4) is 0 Å². The Morgan fingerprint density at radius 3 is 2.50 bits per heavy atom. The van der Waals surface area contributed by atoms with Crippen LogP contribution in [-0.2, 0) is 6.42 Å². The van der Waals surface area contributed by atoms with E-state index in [0.29, 0.717) is 0 Å². The number of terminal acetylenes is 1. The van der Waals surface area contributed by atoms with Crippen molar-refractivity contribution in [2.24, 2.45) is 4.99 Å². The maximum absolute atomic E-state index is 5.59. The second-order valence-electron chi connectivity index (χ2n) is 7.90. The van der Waals surface area contributed by atoms with Crippen LogP contribution in [0.1, 0.15) is 48.6 Å². The molecule has 2 heteroatoms. The molecule has 1 N–H and O–H groups in total. The van der Waals surface area contributed by atoms with E-state index in [9.17, 15) is 0 Å². The summed E-state index contributed by atoms with van der Waals surface area (Å²) in [6.07, 6.45) is 11.1. The lowest BCUT2D eigenvalue weighted by molar-refractivity contribution is 1.09. The monoisotopic (exact) mass is 392 g/mol. The van der Waals surface area contributed by atoms with Gasteiger partial charge in [-0.2, -0.15) is 0 Å². The van der Waals surface area contributed by atoms with Crippen molar-refractivity contribution in [2.45, 2.75) is 34.1 Å². The Hall–Kier alpha value is -3.31. The van der Waals surface area contributed by atoms with Gasteiger partial charge in [0.05, 0.1) is 5.71 Å². The van der Waals surface area contributed by atoms with Crippen LogP contribution < -0.4 is 5.32 Å². The smallest absolute Gasteiger partial charge is 0.0606 e. The van der Waals surface area contributed by atoms with Crippen LogP contribution in [0.5, 0.6) is 0 Å². The van der Waals surface area contributed by atoms with Gasteiger partial charge < -0.3 is 5.32 Å². The molecule has 0 bridgehead atoms. The first-order valence-corrected chi connectivity index (χ1v) is 10.7. The van der Waals surface area contributed by atoms with E-state index in [1.54, 1.807) is 0 Å². The predicted octanol–water partition coefficient (Wildman–Crippen LogP) is 6.11. The number of rotatable bonds is 4. The summed E-state index contributed by atoms with van der Waals surface area (Å²) in [5.41, 5.74) is 13.5. The Morgan fingerprint density at radius 1 is 1.07 bits per heavy atom. The van der Waals surface area contributed by atoms with E-state index < -0.39 is 0 Å². The van der Waals surface area contributed by atoms with E-state index in [1.165, 1.54) is 50.2 Å². The van der Waals surface area contributed by atoms with E-state index in [4.69, 9.17) is 11.4 Å². The van der Waals surface area contributed by atoms with Crippen LogP contribution in [-0.4, -0.2) is 18.8 Å². The number of hydrogen-bond acceptors (Lipinski definition) is 2. The van der Waals surface area contributed by atoms with Gasteiger partial charge in [0.1, 0.15) is 0 Å². The number of aryl methyl sites for hydroxylation is 1. The van der Waals surface area contributed by atoms with Crippen molar-refractivity contribution in [1.29, 1.82) is 0 Å². The quantitative estimate of drug-likeness (QED) is 0.624. The number of allylic oxidation sites excluding steroid dienone is 5. The van der Waals surface area contributed by atoms with E-state index >= 15 is 0 Å². The van der Waals surface area contributed by atoms with Crippen LogP contribution >= 0.6 is 0 Å². The Bertz CT molecular complexity index is 1160. The van der Waals surface area contributed by atoms with Crippen molar-refractivity contribution in [2.75, 3.05) is 18.4 Å². The van der Waals surface area contributed by atoms with Crippen LogP contribution in [0.25, 0.3) is 5.57 Å². The summed E-state index contributed by atoms with van der Waals surface area (Å²) in [6.45, 7) is 10.3. The van der Waals surface area contributed by atoms with Gasteiger partial charge in [-0.1, -0.05) is 18.1 Å². The summed E-state index contributed by atoms with van der Waals surface area (Å²) in [4.78, 5) is 4.71. The zero-order chi connectivity index (χ0) is 21.3. The fraction of sp³-hybridized carbons (Fsp3) is 0.250. The molecule has 30 heavy (non-hydrogen) atoms. The third-order valence-corrected chi connectivity index (χ3v) is 5.83. The molecule has 2 aliphatic carbocycles. The molecule has 0 fully saturated rings. The first-order chi connectivity index (χ1) is 14.5. The molecule has 2 nitrogen and oxygen atoms in total. The molecule has 0 aromatic heterocycles. The summed E-state index contributed by atoms with van der Waals surface area (Å²) in [5.74, 6) is 2.73. The average molecular weight is 393 g/mol. The molecule has 0 atom stereocenters. The molecule has 0 heterocycles. The minimum absolute atomic E-state index is 0.796. The zero-order valence-electron chi connectivity index (χ0n) is 18.3. The molecular weight excluding hydrogens is 364 g/mol. The van der Waals surface area contributed by atoms with Crippen molar-refractivity contribution < 1.29 is 0 Å². The highest BCUT2D eigenvalue weighted by Gasteiger charge is 2.26. The van der Waals surface area contributed by atoms with Gasteiger partial charge in [0.25, 0.3) is 0 Å². The van der Waals surface area contributed by atoms with Crippen molar-refractivity contribution in [1.82, 2.24) is 0 Å². The second-order valence-corrected chi connectivity index (χ2v) is 7.90. The van der Waals surface area contributed by atoms with Gasteiger partial charge in [-0.05, 0) is 115 Å². The highest BCUT2D eigenvalue weighted by molar-refractivity contribution is 6.12. The van der Waals surface area contributed by atoms with E-state index in [2.05, 4.69) is 75.3 Å². The number of nitrogens with zero attached hydrogens (tertiary/aromatic N) is 1. The largest absolute Gasteiger partial charge is 0.385 e. The van der Waals surface area contributed by atoms with Crippen molar-refractivity contribution in [3.63, 3.8) is 0 Å². The SMILES string of the molecule is C#Cc1ccc(C2=C3C=C(C)C(=NCC)C=C3Cc3cc(NCC)c(C)cc32)cc1. The lowest BCUT2D eigenvalue weighted by atomic mass is 9.75. The number of anilines is 1. The van der Waals surface area contributed by atoms with E-state index in [-0.39, 0.29) is 0 Å². The summed E-state index contributed by atoms with van der Waals surface area (Å²) < 4.78 is 0. The number of aliphatic imine (C=N–C) groups is 1. The normalized spacial score (nSPS) is 16.4. The van der Waals surface area contributed by atoms with Gasteiger partial charge in [0.2, 0.25) is 0 Å². The number of fused-ring (bicyclic) bond motifs is 2. The minimum atomic E-state index is 0.796. The maximum atomic E-state index is 5.59. The van der Waals surface area contributed by atoms with Crippen molar-refractivity contribution >= 4 is 17.0 Å². The topological polar surface area (TPSA) is 24.4 Å². The minimum Gasteiger partial charge on any atom is -0.385 e. The summed E-state index contributed by atoms with van der Waals surface area (Å²) in [7, 11) is 0. The molecule has 4 rings (SSSR count). The lowest BCUT2D eigenvalue weighted by Crippen LogP contribution is -2.15. The Balaban J connectivity index is 1.98. The molecule has 0 aliphatic heterocycles. The molecule has 0 unspecified atom stereocenters. The predicted molar refractivity (Wildman–Crippen MR) is 129 cm³/mol. The third-order valence-electron chi connectivity index (χ3n) is 5.83. The average Bonchev–Trinajstić information content (AvgIpc) is 2.74. The van der Waals surface area contributed by atoms with Crippen LogP contribution in [0.2, 0.25) is 0 Å². The number of hydrogen-bond donors (Lipinski definition) is 1. The van der Waals surface area contributed by atoms with E-state index in [1.807, 2.05) is 12.1 Å². The van der Waals surface area contributed by atoms with Crippen LogP contribution in [0.15, 0.2) is 70.3 Å². The Labute approximate surface area is 180 Å². The Kier molecular flexibility index (Phi) is 5.46. The summed E-state index contributed by atoms with van der Waals surface area (Å²) >= 11 is 0. The number of nitrogens with one attached hydrogen (secondary N) is 1. The van der Waals surface area contributed by atoms with Crippen LogP contribution in [0, 0.1) is 19.3 Å². The molecule has 0 amide bonds. The van der Waals surface area contributed by atoms with Gasteiger partial charge in [-0.25, -0.2) is 0 Å². The highest BCUT2D eigenvalue weighted by atomic mass is 14.9. The van der Waals surface area contributed by atoms with Gasteiger partial charge in [-0.3, -0.25) is 4.99 Å². The first kappa shape index (κ1) is 20.0. The Morgan fingerprint density at radius 2 is 1.83 bits per heavy atom. The first-order valence-electron chi connectivity index (χ1n) is 10.7. The molecule has 0 radical (unpaired) electrons. The summed E-state index contributed by atoms with van der Waals surface area (Å²) in [6, 6.07) is 13.0. The third kappa shape index (κ3) is 3.53. The summed E-state index contributed by atoms with van der Waals surface area (Å²) in [5, 5.41) is 3.51. The molecule has 2 aromatic carbocycles. The fourth-order valence-electron chi connectivity index (χ4n) is 4.37. The standard InChI is InChI=1S/C28H28N2/c1-6-20-9-11-21(12-10-20)28-24-13-18(4)26(29-7-2)16-22(24)15-23-17-27(30-8-3)19(5)14-25(23)28/h1,9-14,16-17,29H,7-8,15H2,2-5H3. The van der Waals surface area contributed by atoms with Gasteiger partial charge in [0, 0.05) is 24.3 Å². The van der Waals surface area contributed by atoms with Crippen LogP contribution in [0.4, 0.5) is 5.69 Å². The molecular formula is C28H28N2. The molecule has 2 aliphatic rings. The molecule has 2 aromatic rings. The highest BCUT2D eigenvalue weighted by Crippen LogP contribution is 2.43. The molecule has 0 saturated heterocycles. The zero-order valence-corrected chi connectivity index (χ0v) is 18.3. The van der Waals surface area contributed by atoms with E-state index in [0.717, 1.165) is 30.8 Å². The van der Waals surface area contributed by atoms with Crippen molar-refractivity contribution in [3.8, 4) is 12.3 Å². The molecule has 0 spiro atoms. The van der Waals surface area contributed by atoms with Gasteiger partial charge >= 0.3 is 0 Å². The molecule has 0 saturated carbocycles. The number of benzene rings is 2. The van der Waals surface area contributed by atoms with Gasteiger partial charge in [-0.15, -0.1) is 6.42 Å². The fourth-order valence-corrected chi connectivity index (χ4v) is 4.37.